The number of aliphatic hydroxyl groups excluding tert-OH is 1. The summed E-state index contributed by atoms with van der Waals surface area (Å²) in [4.78, 5) is 2.12. The van der Waals surface area contributed by atoms with Gasteiger partial charge < -0.3 is 10.0 Å². The molecule has 2 rings (SSSR count). The Bertz CT molecular complexity index is 292. The molecule has 14 heavy (non-hydrogen) atoms. The van der Waals surface area contributed by atoms with Gasteiger partial charge in [0.05, 0.1) is 30.2 Å². The predicted molar refractivity (Wildman–Crippen MR) is 51.9 cm³/mol. The van der Waals surface area contributed by atoms with Gasteiger partial charge in [-0.05, 0) is 25.0 Å². The van der Waals surface area contributed by atoms with Gasteiger partial charge in [0.25, 0.3) is 0 Å². The van der Waals surface area contributed by atoms with E-state index in [9.17, 15) is 5.11 Å². The van der Waals surface area contributed by atoms with Crippen LogP contribution in [0.25, 0.3) is 0 Å². The summed E-state index contributed by atoms with van der Waals surface area (Å²) in [6.07, 6.45) is 5.00. The average molecular weight is 194 g/mol. The van der Waals surface area contributed by atoms with E-state index in [1.54, 1.807) is 12.4 Å². The van der Waals surface area contributed by atoms with Crippen molar-refractivity contribution in [3.8, 4) is 0 Å². The van der Waals surface area contributed by atoms with Crippen molar-refractivity contribution in [1.82, 2.24) is 15.4 Å². The molecule has 5 heteroatoms. The lowest BCUT2D eigenvalue weighted by molar-refractivity contribution is 0.119. The summed E-state index contributed by atoms with van der Waals surface area (Å²) >= 11 is 0. The lowest BCUT2D eigenvalue weighted by atomic mass is 10.0. The predicted octanol–water partition coefficient (Wildman–Crippen LogP) is 0.221. The number of anilines is 1. The number of aliphatic hydroxyl groups is 1. The molecule has 1 aromatic heterocycles. The van der Waals surface area contributed by atoms with Crippen molar-refractivity contribution in [3.05, 3.63) is 12.4 Å². The molecule has 0 amide bonds. The summed E-state index contributed by atoms with van der Waals surface area (Å²) in [6.45, 7) is 2.97. The quantitative estimate of drug-likeness (QED) is 0.693. The Morgan fingerprint density at radius 3 is 2.86 bits per heavy atom. The highest BCUT2D eigenvalue weighted by Gasteiger charge is 2.26. The molecule has 1 aromatic rings. The maximum Gasteiger partial charge on any atom is 0.0780 e. The highest BCUT2D eigenvalue weighted by molar-refractivity contribution is 5.43. The molecule has 0 radical (unpaired) electrons. The van der Waals surface area contributed by atoms with Gasteiger partial charge in [-0.25, -0.2) is 0 Å². The van der Waals surface area contributed by atoms with Crippen molar-refractivity contribution in [2.45, 2.75) is 31.9 Å². The molecule has 2 unspecified atom stereocenters. The first kappa shape index (κ1) is 9.33. The molecule has 1 aliphatic rings. The van der Waals surface area contributed by atoms with E-state index >= 15 is 0 Å². The molecule has 0 bridgehead atoms. The lowest BCUT2D eigenvalue weighted by Crippen LogP contribution is -2.46. The van der Waals surface area contributed by atoms with E-state index in [4.69, 9.17) is 0 Å². The van der Waals surface area contributed by atoms with E-state index < -0.39 is 0 Å². The van der Waals surface area contributed by atoms with Crippen molar-refractivity contribution >= 4 is 5.69 Å². The molecule has 0 aliphatic carbocycles. The zero-order valence-corrected chi connectivity index (χ0v) is 8.17. The molecular weight excluding hydrogens is 180 g/mol. The number of hydrogen-bond donors (Lipinski definition) is 1. The molecule has 1 N–H and O–H groups in total. The minimum atomic E-state index is -0.253. The highest BCUT2D eigenvalue weighted by atomic mass is 16.3. The fourth-order valence-electron chi connectivity index (χ4n) is 1.87. The standard InChI is InChI=1S/C9H14N4O/c1-7-9(14)3-2-4-13(7)8-5-10-12-11-6-8/h5-7,9,14H,2-4H2,1H3. The molecule has 1 fully saturated rings. The minimum absolute atomic E-state index is 0.134. The van der Waals surface area contributed by atoms with Crippen molar-refractivity contribution in [1.29, 1.82) is 0 Å². The molecule has 1 saturated heterocycles. The largest absolute Gasteiger partial charge is 0.391 e. The number of hydrogen-bond acceptors (Lipinski definition) is 5. The number of piperidine rings is 1. The van der Waals surface area contributed by atoms with Crippen LogP contribution in [0, 0.1) is 0 Å². The maximum absolute atomic E-state index is 9.71. The fourth-order valence-corrected chi connectivity index (χ4v) is 1.87. The maximum atomic E-state index is 9.71. The second kappa shape index (κ2) is 3.88. The molecule has 2 heterocycles. The first-order valence-corrected chi connectivity index (χ1v) is 4.87. The van der Waals surface area contributed by atoms with Crippen LogP contribution in [0.2, 0.25) is 0 Å². The smallest absolute Gasteiger partial charge is 0.0780 e. The van der Waals surface area contributed by atoms with Gasteiger partial charge in [-0.1, -0.05) is 0 Å². The second-order valence-electron chi connectivity index (χ2n) is 3.65. The highest BCUT2D eigenvalue weighted by Crippen LogP contribution is 2.22. The average Bonchev–Trinajstić information content (AvgIpc) is 2.23. The Balaban J connectivity index is 2.17. The van der Waals surface area contributed by atoms with Crippen molar-refractivity contribution in [3.63, 3.8) is 0 Å². The Morgan fingerprint density at radius 2 is 2.14 bits per heavy atom. The second-order valence-corrected chi connectivity index (χ2v) is 3.65. The minimum Gasteiger partial charge on any atom is -0.391 e. The zero-order valence-electron chi connectivity index (χ0n) is 8.17. The van der Waals surface area contributed by atoms with Crippen molar-refractivity contribution < 1.29 is 5.11 Å². The van der Waals surface area contributed by atoms with Crippen molar-refractivity contribution in [2.75, 3.05) is 11.4 Å². The van der Waals surface area contributed by atoms with Gasteiger partial charge in [0, 0.05) is 6.54 Å². The van der Waals surface area contributed by atoms with Gasteiger partial charge in [-0.15, -0.1) is 10.2 Å². The molecular formula is C9H14N4O. The van der Waals surface area contributed by atoms with Gasteiger partial charge >= 0.3 is 0 Å². The summed E-state index contributed by atoms with van der Waals surface area (Å²) in [5.41, 5.74) is 0.936. The summed E-state index contributed by atoms with van der Waals surface area (Å²) in [6, 6.07) is 0.134. The fraction of sp³-hybridized carbons (Fsp3) is 0.667. The topological polar surface area (TPSA) is 62.1 Å². The normalized spacial score (nSPS) is 27.7. The Labute approximate surface area is 82.8 Å². The first-order chi connectivity index (χ1) is 6.79. The summed E-state index contributed by atoms with van der Waals surface area (Å²) in [5, 5.41) is 20.7. The molecule has 1 aliphatic heterocycles. The van der Waals surface area contributed by atoms with Gasteiger partial charge in [-0.2, -0.15) is 0 Å². The molecule has 5 nitrogen and oxygen atoms in total. The van der Waals surface area contributed by atoms with Crippen LogP contribution < -0.4 is 4.90 Å². The van der Waals surface area contributed by atoms with Crippen LogP contribution in [-0.4, -0.2) is 39.2 Å². The van der Waals surface area contributed by atoms with E-state index in [0.717, 1.165) is 25.1 Å². The van der Waals surface area contributed by atoms with Crippen LogP contribution in [0.3, 0.4) is 0 Å². The van der Waals surface area contributed by atoms with E-state index in [0.29, 0.717) is 0 Å². The van der Waals surface area contributed by atoms with E-state index in [-0.39, 0.29) is 12.1 Å². The van der Waals surface area contributed by atoms with Crippen LogP contribution in [-0.2, 0) is 0 Å². The summed E-state index contributed by atoms with van der Waals surface area (Å²) in [7, 11) is 0. The van der Waals surface area contributed by atoms with Crippen LogP contribution >= 0.6 is 0 Å². The van der Waals surface area contributed by atoms with Crippen molar-refractivity contribution in [2.24, 2.45) is 0 Å². The number of rotatable bonds is 1. The molecule has 0 aromatic carbocycles. The first-order valence-electron chi connectivity index (χ1n) is 4.87. The van der Waals surface area contributed by atoms with Crippen LogP contribution in [0.5, 0.6) is 0 Å². The lowest BCUT2D eigenvalue weighted by Gasteiger charge is -2.37. The zero-order chi connectivity index (χ0) is 9.97. The van der Waals surface area contributed by atoms with Crippen LogP contribution in [0.4, 0.5) is 5.69 Å². The van der Waals surface area contributed by atoms with Gasteiger partial charge in [0.15, 0.2) is 0 Å². The Hall–Kier alpha value is -1.23. The third-order valence-electron chi connectivity index (χ3n) is 2.76. The molecule has 76 valence electrons. The van der Waals surface area contributed by atoms with E-state index in [1.165, 1.54) is 0 Å². The third kappa shape index (κ3) is 1.68. The molecule has 0 saturated carbocycles. The Morgan fingerprint density at radius 1 is 1.43 bits per heavy atom. The monoisotopic (exact) mass is 194 g/mol. The SMILES string of the molecule is CC1C(O)CCCN1c1cnnnc1. The van der Waals surface area contributed by atoms with Crippen LogP contribution in [0.1, 0.15) is 19.8 Å². The third-order valence-corrected chi connectivity index (χ3v) is 2.76. The van der Waals surface area contributed by atoms with E-state index in [2.05, 4.69) is 20.3 Å². The summed E-state index contributed by atoms with van der Waals surface area (Å²) < 4.78 is 0. The van der Waals surface area contributed by atoms with Gasteiger partial charge in [-0.3, -0.25) is 0 Å². The molecule has 2 atom stereocenters. The Kier molecular flexibility index (Phi) is 2.58. The van der Waals surface area contributed by atoms with Gasteiger partial charge in [0.1, 0.15) is 0 Å². The van der Waals surface area contributed by atoms with E-state index in [1.807, 2.05) is 6.92 Å². The number of nitrogens with zero attached hydrogens (tertiary/aromatic N) is 4. The van der Waals surface area contributed by atoms with Gasteiger partial charge in [0.2, 0.25) is 0 Å². The van der Waals surface area contributed by atoms with Crippen LogP contribution in [0.15, 0.2) is 12.4 Å². The summed E-state index contributed by atoms with van der Waals surface area (Å²) in [5.74, 6) is 0. The number of aromatic nitrogens is 3. The molecule has 0 spiro atoms.